The molecule has 0 aliphatic heterocycles. The summed E-state index contributed by atoms with van der Waals surface area (Å²) in [5, 5.41) is 0. The Labute approximate surface area is 131 Å². The third kappa shape index (κ3) is 3.01. The maximum Gasteiger partial charge on any atom is 0.264 e. The Kier molecular flexibility index (Phi) is 4.61. The van der Waals surface area contributed by atoms with Gasteiger partial charge in [-0.25, -0.2) is 8.42 Å². The van der Waals surface area contributed by atoms with Gasteiger partial charge in [0.1, 0.15) is 0 Å². The van der Waals surface area contributed by atoms with Crippen molar-refractivity contribution in [2.45, 2.75) is 11.8 Å². The lowest BCUT2D eigenvalue weighted by atomic mass is 10.2. The van der Waals surface area contributed by atoms with Gasteiger partial charge >= 0.3 is 0 Å². The molecule has 0 spiro atoms. The summed E-state index contributed by atoms with van der Waals surface area (Å²) in [6, 6.07) is 11.9. The highest BCUT2D eigenvalue weighted by Crippen LogP contribution is 2.31. The van der Waals surface area contributed by atoms with Crippen molar-refractivity contribution >= 4 is 15.7 Å². The van der Waals surface area contributed by atoms with E-state index in [4.69, 9.17) is 9.47 Å². The fourth-order valence-electron chi connectivity index (χ4n) is 2.10. The molecule has 0 radical (unpaired) electrons. The van der Waals surface area contributed by atoms with E-state index in [0.717, 1.165) is 5.56 Å². The van der Waals surface area contributed by atoms with Crippen molar-refractivity contribution in [2.75, 3.05) is 25.6 Å². The van der Waals surface area contributed by atoms with E-state index >= 15 is 0 Å². The van der Waals surface area contributed by atoms with E-state index in [1.54, 1.807) is 12.1 Å². The number of aryl methyl sites for hydroxylation is 1. The Morgan fingerprint density at radius 3 is 2.23 bits per heavy atom. The lowest BCUT2D eigenvalue weighted by molar-refractivity contribution is 0.354. The summed E-state index contributed by atoms with van der Waals surface area (Å²) >= 11 is 0. The largest absolute Gasteiger partial charge is 0.493 e. The second-order valence-corrected chi connectivity index (χ2v) is 6.80. The number of rotatable bonds is 5. The minimum absolute atomic E-state index is 0.147. The molecule has 0 aromatic heterocycles. The van der Waals surface area contributed by atoms with Crippen molar-refractivity contribution in [2.24, 2.45) is 0 Å². The van der Waals surface area contributed by atoms with Crippen molar-refractivity contribution in [3.8, 4) is 11.5 Å². The molecular weight excluding hydrogens is 302 g/mol. The Balaban J connectivity index is 2.46. The first-order valence-electron chi connectivity index (χ1n) is 6.67. The molecule has 0 unspecified atom stereocenters. The van der Waals surface area contributed by atoms with Crippen LogP contribution in [0.3, 0.4) is 0 Å². The second kappa shape index (κ2) is 6.27. The number of hydrogen-bond donors (Lipinski definition) is 0. The highest BCUT2D eigenvalue weighted by atomic mass is 32.2. The Morgan fingerprint density at radius 2 is 1.64 bits per heavy atom. The minimum atomic E-state index is -3.67. The molecule has 6 heteroatoms. The first-order chi connectivity index (χ1) is 10.4. The molecule has 118 valence electrons. The highest BCUT2D eigenvalue weighted by molar-refractivity contribution is 7.92. The fraction of sp³-hybridized carbons (Fsp3) is 0.250. The van der Waals surface area contributed by atoms with Crippen molar-refractivity contribution in [3.63, 3.8) is 0 Å². The van der Waals surface area contributed by atoms with E-state index in [2.05, 4.69) is 0 Å². The zero-order valence-corrected chi connectivity index (χ0v) is 13.8. The van der Waals surface area contributed by atoms with Gasteiger partial charge in [-0.2, -0.15) is 0 Å². The third-order valence-electron chi connectivity index (χ3n) is 3.38. The van der Waals surface area contributed by atoms with Gasteiger partial charge in [0.25, 0.3) is 10.0 Å². The predicted molar refractivity (Wildman–Crippen MR) is 86.3 cm³/mol. The zero-order valence-electron chi connectivity index (χ0n) is 13.0. The molecule has 0 saturated heterocycles. The maximum atomic E-state index is 12.7. The van der Waals surface area contributed by atoms with Gasteiger partial charge in [-0.1, -0.05) is 12.1 Å². The van der Waals surface area contributed by atoms with Gasteiger partial charge in [-0.15, -0.1) is 0 Å². The van der Waals surface area contributed by atoms with Crippen LogP contribution in [0.15, 0.2) is 47.4 Å². The SMILES string of the molecule is COc1ccc(S(=O)(=O)N(C)c2cccc(C)c2)cc1OC. The second-order valence-electron chi connectivity index (χ2n) is 4.83. The molecule has 2 rings (SSSR count). The van der Waals surface area contributed by atoms with Crippen LogP contribution in [-0.4, -0.2) is 29.7 Å². The fourth-order valence-corrected chi connectivity index (χ4v) is 3.30. The molecule has 0 saturated carbocycles. The quantitative estimate of drug-likeness (QED) is 0.850. The Hall–Kier alpha value is -2.21. The van der Waals surface area contributed by atoms with Crippen molar-refractivity contribution in [1.82, 2.24) is 0 Å². The topological polar surface area (TPSA) is 55.8 Å². The molecule has 0 amide bonds. The molecular formula is C16H19NO4S. The lowest BCUT2D eigenvalue weighted by Crippen LogP contribution is -2.26. The van der Waals surface area contributed by atoms with Gasteiger partial charge in [0, 0.05) is 13.1 Å². The van der Waals surface area contributed by atoms with E-state index in [0.29, 0.717) is 17.2 Å². The summed E-state index contributed by atoms with van der Waals surface area (Å²) in [6.45, 7) is 1.92. The van der Waals surface area contributed by atoms with Crippen LogP contribution in [0.4, 0.5) is 5.69 Å². The molecule has 5 nitrogen and oxygen atoms in total. The van der Waals surface area contributed by atoms with Crippen LogP contribution >= 0.6 is 0 Å². The summed E-state index contributed by atoms with van der Waals surface area (Å²) in [4.78, 5) is 0.147. The highest BCUT2D eigenvalue weighted by Gasteiger charge is 2.23. The molecule has 2 aromatic rings. The molecule has 2 aromatic carbocycles. The standard InChI is InChI=1S/C16H19NO4S/c1-12-6-5-7-13(10-12)17(2)22(18,19)14-8-9-15(20-3)16(11-14)21-4/h5-11H,1-4H3. The maximum absolute atomic E-state index is 12.7. The Bertz CT molecular complexity index is 771. The van der Waals surface area contributed by atoms with Crippen LogP contribution in [0, 0.1) is 6.92 Å². The van der Waals surface area contributed by atoms with Crippen LogP contribution in [0.25, 0.3) is 0 Å². The molecule has 0 N–H and O–H groups in total. The van der Waals surface area contributed by atoms with E-state index in [-0.39, 0.29) is 4.90 Å². The molecule has 22 heavy (non-hydrogen) atoms. The molecule has 0 atom stereocenters. The number of hydrogen-bond acceptors (Lipinski definition) is 4. The van der Waals surface area contributed by atoms with Gasteiger partial charge in [0.15, 0.2) is 11.5 Å². The smallest absolute Gasteiger partial charge is 0.264 e. The first kappa shape index (κ1) is 16.2. The average molecular weight is 321 g/mol. The van der Waals surface area contributed by atoms with Crippen molar-refractivity contribution in [3.05, 3.63) is 48.0 Å². The van der Waals surface area contributed by atoms with E-state index in [9.17, 15) is 8.42 Å². The third-order valence-corrected chi connectivity index (χ3v) is 5.16. The number of nitrogens with zero attached hydrogens (tertiary/aromatic N) is 1. The molecule has 0 aliphatic rings. The first-order valence-corrected chi connectivity index (χ1v) is 8.12. The van der Waals surface area contributed by atoms with E-state index < -0.39 is 10.0 Å². The normalized spacial score (nSPS) is 11.1. The van der Waals surface area contributed by atoms with Gasteiger partial charge in [-0.3, -0.25) is 4.31 Å². The van der Waals surface area contributed by atoms with Gasteiger partial charge in [0.05, 0.1) is 24.8 Å². The summed E-state index contributed by atoms with van der Waals surface area (Å²) in [5.74, 6) is 0.862. The Morgan fingerprint density at radius 1 is 0.955 bits per heavy atom. The van der Waals surface area contributed by atoms with Crippen molar-refractivity contribution < 1.29 is 17.9 Å². The van der Waals surface area contributed by atoms with Crippen molar-refractivity contribution in [1.29, 1.82) is 0 Å². The minimum Gasteiger partial charge on any atom is -0.493 e. The number of sulfonamides is 1. The van der Waals surface area contributed by atoms with Crippen LogP contribution in [-0.2, 0) is 10.0 Å². The van der Waals surface area contributed by atoms with Gasteiger partial charge in [-0.05, 0) is 36.8 Å². The van der Waals surface area contributed by atoms with Crippen LogP contribution in [0.5, 0.6) is 11.5 Å². The molecule has 0 aliphatic carbocycles. The number of ether oxygens (including phenoxy) is 2. The number of anilines is 1. The predicted octanol–water partition coefficient (Wildman–Crippen LogP) is 2.84. The summed E-state index contributed by atoms with van der Waals surface area (Å²) in [7, 11) is 0.836. The summed E-state index contributed by atoms with van der Waals surface area (Å²) in [5.41, 5.74) is 1.60. The number of methoxy groups -OCH3 is 2. The van der Waals surface area contributed by atoms with Gasteiger partial charge in [0.2, 0.25) is 0 Å². The lowest BCUT2D eigenvalue weighted by Gasteiger charge is -2.20. The van der Waals surface area contributed by atoms with Crippen LogP contribution in [0.1, 0.15) is 5.56 Å². The summed E-state index contributed by atoms with van der Waals surface area (Å²) < 4.78 is 37.0. The number of benzene rings is 2. The molecule has 0 bridgehead atoms. The van der Waals surface area contributed by atoms with E-state index in [1.165, 1.54) is 37.7 Å². The molecule has 0 heterocycles. The monoisotopic (exact) mass is 321 g/mol. The van der Waals surface area contributed by atoms with Gasteiger partial charge < -0.3 is 9.47 Å². The van der Waals surface area contributed by atoms with Crippen LogP contribution in [0.2, 0.25) is 0 Å². The summed E-state index contributed by atoms with van der Waals surface area (Å²) in [6.07, 6.45) is 0. The van der Waals surface area contributed by atoms with Crippen LogP contribution < -0.4 is 13.8 Å². The van der Waals surface area contributed by atoms with E-state index in [1.807, 2.05) is 25.1 Å². The average Bonchev–Trinajstić information content (AvgIpc) is 2.53. The zero-order chi connectivity index (χ0) is 16.3. The molecule has 0 fully saturated rings.